The Kier molecular flexibility index (Phi) is 2.90. The molecule has 1 amide bonds. The van der Waals surface area contributed by atoms with Crippen LogP contribution in [0, 0.1) is 0 Å². The number of amides is 1. The molecular formula is C12H13NO3. The predicted octanol–water partition coefficient (Wildman–Crippen LogP) is 2.01. The second-order valence-electron chi connectivity index (χ2n) is 3.86. The highest BCUT2D eigenvalue weighted by Gasteiger charge is 2.34. The molecule has 4 heteroatoms. The number of Topliss-reactive ketones (excluding diaryl/α,β-unsaturated/α-hetero) is 1. The minimum atomic E-state index is -1.01. The first-order valence-electron chi connectivity index (χ1n) is 5.29. The second kappa shape index (κ2) is 4.35. The summed E-state index contributed by atoms with van der Waals surface area (Å²) in [4.78, 5) is 24.2. The van der Waals surface area contributed by atoms with Gasteiger partial charge in [-0.1, -0.05) is 30.3 Å². The summed E-state index contributed by atoms with van der Waals surface area (Å²) in [5.74, 6) is -0.0968. The summed E-state index contributed by atoms with van der Waals surface area (Å²) in [6, 6.07) is 8.35. The summed E-state index contributed by atoms with van der Waals surface area (Å²) in [5.41, 5.74) is 0.584. The first kappa shape index (κ1) is 10.7. The number of hydrogen-bond acceptors (Lipinski definition) is 2. The van der Waals surface area contributed by atoms with Crippen LogP contribution in [-0.4, -0.2) is 34.5 Å². The average Bonchev–Trinajstić information content (AvgIpc) is 2.78. The third-order valence-electron chi connectivity index (χ3n) is 2.86. The van der Waals surface area contributed by atoms with Gasteiger partial charge in [-0.05, 0) is 12.8 Å². The van der Waals surface area contributed by atoms with Gasteiger partial charge in [0.1, 0.15) is 0 Å². The van der Waals surface area contributed by atoms with Crippen LogP contribution < -0.4 is 0 Å². The van der Waals surface area contributed by atoms with Crippen LogP contribution >= 0.6 is 0 Å². The van der Waals surface area contributed by atoms with E-state index in [-0.39, 0.29) is 5.78 Å². The van der Waals surface area contributed by atoms with Gasteiger partial charge in [-0.15, -0.1) is 0 Å². The van der Waals surface area contributed by atoms with Gasteiger partial charge in [0, 0.05) is 12.1 Å². The van der Waals surface area contributed by atoms with E-state index in [2.05, 4.69) is 0 Å². The van der Waals surface area contributed by atoms with Crippen molar-refractivity contribution in [3.63, 3.8) is 0 Å². The van der Waals surface area contributed by atoms with E-state index in [1.807, 2.05) is 6.07 Å². The zero-order chi connectivity index (χ0) is 11.5. The fraction of sp³-hybridized carbons (Fsp3) is 0.333. The van der Waals surface area contributed by atoms with Crippen LogP contribution in [0.15, 0.2) is 30.3 Å². The number of rotatable bonds is 2. The quantitative estimate of drug-likeness (QED) is 0.774. The summed E-state index contributed by atoms with van der Waals surface area (Å²) in [7, 11) is 0. The lowest BCUT2D eigenvalue weighted by Gasteiger charge is -2.20. The second-order valence-corrected chi connectivity index (χ2v) is 3.86. The Hall–Kier alpha value is -1.84. The smallest absolute Gasteiger partial charge is 0.407 e. The fourth-order valence-corrected chi connectivity index (χ4v) is 2.06. The van der Waals surface area contributed by atoms with E-state index in [4.69, 9.17) is 5.11 Å². The van der Waals surface area contributed by atoms with Crippen molar-refractivity contribution in [2.75, 3.05) is 6.54 Å². The molecule has 1 aliphatic heterocycles. The Morgan fingerprint density at radius 2 is 1.94 bits per heavy atom. The van der Waals surface area contributed by atoms with E-state index in [9.17, 15) is 9.59 Å². The fourth-order valence-electron chi connectivity index (χ4n) is 2.06. The standard InChI is InChI=1S/C12H13NO3/c14-11(9-5-2-1-3-6-9)10-7-4-8-13(10)12(15)16/h1-3,5-6,10H,4,7-8H2,(H,15,16). The van der Waals surface area contributed by atoms with Gasteiger partial charge in [0.25, 0.3) is 0 Å². The minimum Gasteiger partial charge on any atom is -0.465 e. The number of carboxylic acid groups (broad SMARTS) is 1. The van der Waals surface area contributed by atoms with Crippen LogP contribution in [0.3, 0.4) is 0 Å². The van der Waals surface area contributed by atoms with Gasteiger partial charge in [-0.25, -0.2) is 4.79 Å². The highest BCUT2D eigenvalue weighted by atomic mass is 16.4. The molecule has 1 heterocycles. The van der Waals surface area contributed by atoms with Crippen molar-refractivity contribution in [1.29, 1.82) is 0 Å². The average molecular weight is 219 g/mol. The SMILES string of the molecule is O=C(c1ccccc1)C1CCCN1C(=O)O. The van der Waals surface area contributed by atoms with Crippen molar-refractivity contribution in [2.24, 2.45) is 0 Å². The van der Waals surface area contributed by atoms with E-state index >= 15 is 0 Å². The maximum absolute atomic E-state index is 12.1. The van der Waals surface area contributed by atoms with Gasteiger partial charge in [0.05, 0.1) is 6.04 Å². The molecule has 4 nitrogen and oxygen atoms in total. The molecule has 0 saturated carbocycles. The molecule has 1 fully saturated rings. The normalized spacial score (nSPS) is 19.8. The van der Waals surface area contributed by atoms with Crippen molar-refractivity contribution in [3.05, 3.63) is 35.9 Å². The molecule has 1 aliphatic rings. The largest absolute Gasteiger partial charge is 0.465 e. The summed E-state index contributed by atoms with van der Waals surface area (Å²) < 4.78 is 0. The lowest BCUT2D eigenvalue weighted by atomic mass is 10.0. The summed E-state index contributed by atoms with van der Waals surface area (Å²) in [6.07, 6.45) is 0.377. The summed E-state index contributed by atoms with van der Waals surface area (Å²) in [5, 5.41) is 8.95. The van der Waals surface area contributed by atoms with E-state index < -0.39 is 12.1 Å². The van der Waals surface area contributed by atoms with Gasteiger partial charge >= 0.3 is 6.09 Å². The molecule has 1 aromatic rings. The first-order valence-corrected chi connectivity index (χ1v) is 5.29. The third-order valence-corrected chi connectivity index (χ3v) is 2.86. The number of ketones is 1. The molecule has 0 spiro atoms. The van der Waals surface area contributed by atoms with E-state index in [0.717, 1.165) is 6.42 Å². The molecule has 1 aromatic carbocycles. The minimum absolute atomic E-state index is 0.0968. The molecule has 16 heavy (non-hydrogen) atoms. The molecule has 1 saturated heterocycles. The summed E-state index contributed by atoms with van der Waals surface area (Å²) in [6.45, 7) is 0.457. The van der Waals surface area contributed by atoms with Crippen molar-refractivity contribution in [2.45, 2.75) is 18.9 Å². The van der Waals surface area contributed by atoms with Crippen molar-refractivity contribution in [1.82, 2.24) is 4.90 Å². The highest BCUT2D eigenvalue weighted by Crippen LogP contribution is 2.21. The lowest BCUT2D eigenvalue weighted by molar-refractivity contribution is 0.0845. The number of carbonyl (C=O) groups is 2. The van der Waals surface area contributed by atoms with Gasteiger partial charge in [0.2, 0.25) is 0 Å². The monoisotopic (exact) mass is 219 g/mol. The van der Waals surface area contributed by atoms with Crippen molar-refractivity contribution in [3.8, 4) is 0 Å². The maximum Gasteiger partial charge on any atom is 0.407 e. The van der Waals surface area contributed by atoms with Crippen LogP contribution in [0.2, 0.25) is 0 Å². The number of benzene rings is 1. The van der Waals surface area contributed by atoms with Gasteiger partial charge in [-0.3, -0.25) is 9.69 Å². The summed E-state index contributed by atoms with van der Waals surface area (Å²) >= 11 is 0. The molecule has 1 unspecified atom stereocenters. The Morgan fingerprint density at radius 1 is 1.25 bits per heavy atom. The molecule has 0 radical (unpaired) electrons. The van der Waals surface area contributed by atoms with Crippen LogP contribution in [0.4, 0.5) is 4.79 Å². The molecule has 84 valence electrons. The zero-order valence-corrected chi connectivity index (χ0v) is 8.80. The number of nitrogens with zero attached hydrogens (tertiary/aromatic N) is 1. The van der Waals surface area contributed by atoms with Crippen molar-refractivity contribution >= 4 is 11.9 Å². The molecule has 0 aromatic heterocycles. The van der Waals surface area contributed by atoms with Gasteiger partial charge < -0.3 is 5.11 Å². The molecule has 2 rings (SSSR count). The van der Waals surface area contributed by atoms with E-state index in [1.165, 1.54) is 4.90 Å². The van der Waals surface area contributed by atoms with E-state index in [1.54, 1.807) is 24.3 Å². The van der Waals surface area contributed by atoms with Crippen LogP contribution in [0.5, 0.6) is 0 Å². The van der Waals surface area contributed by atoms with E-state index in [0.29, 0.717) is 18.5 Å². The van der Waals surface area contributed by atoms with Crippen molar-refractivity contribution < 1.29 is 14.7 Å². The lowest BCUT2D eigenvalue weighted by Crippen LogP contribution is -2.39. The Balaban J connectivity index is 2.19. The predicted molar refractivity (Wildman–Crippen MR) is 58.5 cm³/mol. The highest BCUT2D eigenvalue weighted by molar-refractivity contribution is 6.01. The molecular weight excluding hydrogens is 206 g/mol. The van der Waals surface area contributed by atoms with Gasteiger partial charge in [-0.2, -0.15) is 0 Å². The Morgan fingerprint density at radius 3 is 2.56 bits per heavy atom. The topological polar surface area (TPSA) is 57.6 Å². The number of hydrogen-bond donors (Lipinski definition) is 1. The molecule has 0 bridgehead atoms. The number of likely N-dealkylation sites (tertiary alicyclic amines) is 1. The van der Waals surface area contributed by atoms with Crippen LogP contribution in [0.25, 0.3) is 0 Å². The molecule has 1 N–H and O–H groups in total. The number of carbonyl (C=O) groups excluding carboxylic acids is 1. The van der Waals surface area contributed by atoms with Crippen LogP contribution in [-0.2, 0) is 0 Å². The Labute approximate surface area is 93.5 Å². The Bertz CT molecular complexity index is 402. The molecule has 1 atom stereocenters. The molecule has 0 aliphatic carbocycles. The third kappa shape index (κ3) is 1.91. The van der Waals surface area contributed by atoms with Gasteiger partial charge in [0.15, 0.2) is 5.78 Å². The maximum atomic E-state index is 12.1. The first-order chi connectivity index (χ1) is 7.70. The zero-order valence-electron chi connectivity index (χ0n) is 8.80. The van der Waals surface area contributed by atoms with Crippen LogP contribution in [0.1, 0.15) is 23.2 Å².